The van der Waals surface area contributed by atoms with Crippen molar-refractivity contribution in [2.45, 2.75) is 44.8 Å². The topological polar surface area (TPSA) is 73.7 Å². The second-order valence-electron chi connectivity index (χ2n) is 5.10. The number of rotatable bonds is 3. The van der Waals surface area contributed by atoms with E-state index in [1.807, 2.05) is 19.2 Å². The summed E-state index contributed by atoms with van der Waals surface area (Å²) in [4.78, 5) is 18.0. The normalized spacial score (nSPS) is 27.6. The number of likely N-dealkylation sites (tertiary alicyclic amines) is 1. The third-order valence-corrected chi connectivity index (χ3v) is 4.61. The number of aliphatic hydroxyl groups excluding tert-OH is 1. The Labute approximate surface area is 116 Å². The molecule has 1 fully saturated rings. The van der Waals surface area contributed by atoms with Crippen LogP contribution >= 0.6 is 11.3 Å². The molecule has 6 heteroatoms. The highest BCUT2D eigenvalue weighted by atomic mass is 32.1. The number of thiazole rings is 1. The van der Waals surface area contributed by atoms with Crippen molar-refractivity contribution in [2.24, 2.45) is 0 Å². The molecule has 2 N–H and O–H groups in total. The molecular formula is C13H20N2O3S. The zero-order chi connectivity index (χ0) is 14.0. The Kier molecular flexibility index (Phi) is 4.23. The van der Waals surface area contributed by atoms with E-state index in [0.717, 1.165) is 10.7 Å². The van der Waals surface area contributed by atoms with E-state index in [-0.39, 0.29) is 18.9 Å². The van der Waals surface area contributed by atoms with Crippen LogP contribution in [0.3, 0.4) is 0 Å². The zero-order valence-electron chi connectivity index (χ0n) is 11.3. The van der Waals surface area contributed by atoms with Gasteiger partial charge in [0.25, 0.3) is 0 Å². The van der Waals surface area contributed by atoms with Gasteiger partial charge in [0.05, 0.1) is 22.7 Å². The maximum Gasteiger partial charge on any atom is 0.228 e. The van der Waals surface area contributed by atoms with Crippen LogP contribution in [0.4, 0.5) is 0 Å². The summed E-state index contributed by atoms with van der Waals surface area (Å²) in [6.45, 7) is 4.44. The molecule has 106 valence electrons. The lowest BCUT2D eigenvalue weighted by atomic mass is 9.86. The van der Waals surface area contributed by atoms with Gasteiger partial charge in [0.2, 0.25) is 5.91 Å². The highest BCUT2D eigenvalue weighted by Crippen LogP contribution is 2.26. The number of nitrogens with zero attached hydrogens (tertiary/aromatic N) is 2. The number of β-amino-alcohol motifs (C(OH)–C–C–N with tert-alkyl or cyclic N) is 1. The van der Waals surface area contributed by atoms with E-state index >= 15 is 0 Å². The van der Waals surface area contributed by atoms with E-state index in [4.69, 9.17) is 0 Å². The first-order valence-electron chi connectivity index (χ1n) is 6.54. The highest BCUT2D eigenvalue weighted by molar-refractivity contribution is 7.09. The fourth-order valence-corrected chi connectivity index (χ4v) is 2.97. The van der Waals surface area contributed by atoms with Crippen LogP contribution < -0.4 is 0 Å². The molecule has 1 aromatic rings. The van der Waals surface area contributed by atoms with Crippen LogP contribution in [-0.4, -0.2) is 50.8 Å². The zero-order valence-corrected chi connectivity index (χ0v) is 12.1. The van der Waals surface area contributed by atoms with Gasteiger partial charge in [-0.2, -0.15) is 0 Å². The Hall–Kier alpha value is -0.980. The van der Waals surface area contributed by atoms with Crippen molar-refractivity contribution < 1.29 is 15.0 Å². The van der Waals surface area contributed by atoms with Crippen molar-refractivity contribution in [1.82, 2.24) is 9.88 Å². The van der Waals surface area contributed by atoms with Crippen molar-refractivity contribution in [3.05, 3.63) is 16.1 Å². The Morgan fingerprint density at radius 1 is 1.68 bits per heavy atom. The summed E-state index contributed by atoms with van der Waals surface area (Å²) in [6, 6.07) is 0. The van der Waals surface area contributed by atoms with E-state index in [1.165, 1.54) is 11.3 Å². The lowest BCUT2D eigenvalue weighted by molar-refractivity contribution is -0.149. The molecule has 0 aliphatic carbocycles. The summed E-state index contributed by atoms with van der Waals surface area (Å²) in [5.74, 6) is -0.0393. The predicted octanol–water partition coefficient (Wildman–Crippen LogP) is 0.728. The molecule has 0 unspecified atom stereocenters. The quantitative estimate of drug-likeness (QED) is 0.858. The highest BCUT2D eigenvalue weighted by Gasteiger charge is 2.40. The van der Waals surface area contributed by atoms with Crippen molar-refractivity contribution in [1.29, 1.82) is 0 Å². The molecule has 0 radical (unpaired) electrons. The van der Waals surface area contributed by atoms with Crippen molar-refractivity contribution in [3.8, 4) is 0 Å². The maximum absolute atomic E-state index is 12.1. The molecule has 0 saturated carbocycles. The van der Waals surface area contributed by atoms with Gasteiger partial charge >= 0.3 is 0 Å². The average molecular weight is 284 g/mol. The Balaban J connectivity index is 1.95. The van der Waals surface area contributed by atoms with Crippen LogP contribution in [0.2, 0.25) is 0 Å². The molecule has 5 nitrogen and oxygen atoms in total. The van der Waals surface area contributed by atoms with Crippen molar-refractivity contribution in [3.63, 3.8) is 0 Å². The van der Waals surface area contributed by atoms with E-state index in [9.17, 15) is 15.0 Å². The van der Waals surface area contributed by atoms with Gasteiger partial charge in [-0.3, -0.25) is 4.79 Å². The lowest BCUT2D eigenvalue weighted by Gasteiger charge is -2.41. The van der Waals surface area contributed by atoms with E-state index in [1.54, 1.807) is 4.90 Å². The fraction of sp³-hybridized carbons (Fsp3) is 0.692. The van der Waals surface area contributed by atoms with Crippen LogP contribution in [0.15, 0.2) is 5.38 Å². The van der Waals surface area contributed by atoms with Gasteiger partial charge < -0.3 is 15.1 Å². The molecule has 2 heterocycles. The van der Waals surface area contributed by atoms with Gasteiger partial charge in [-0.05, 0) is 19.8 Å². The number of carbonyl (C=O) groups excluding carboxylic acids is 1. The Morgan fingerprint density at radius 2 is 2.42 bits per heavy atom. The molecule has 19 heavy (non-hydrogen) atoms. The first-order valence-corrected chi connectivity index (χ1v) is 7.42. The third-order valence-electron chi connectivity index (χ3n) is 3.79. The number of amides is 1. The van der Waals surface area contributed by atoms with Gasteiger partial charge in [-0.1, -0.05) is 6.92 Å². The van der Waals surface area contributed by atoms with Crippen molar-refractivity contribution in [2.75, 3.05) is 13.1 Å². The second kappa shape index (κ2) is 5.56. The molecule has 1 aliphatic heterocycles. The summed E-state index contributed by atoms with van der Waals surface area (Å²) >= 11 is 1.53. The molecule has 2 rings (SSSR count). The minimum atomic E-state index is -1.05. The summed E-state index contributed by atoms with van der Waals surface area (Å²) in [5.41, 5.74) is -0.271. The predicted molar refractivity (Wildman–Crippen MR) is 73.0 cm³/mol. The van der Waals surface area contributed by atoms with Crippen LogP contribution in [0.25, 0.3) is 0 Å². The standard InChI is InChI=1S/C13H20N2O3S/c1-3-13(18)4-5-15(7-11(13)16)12(17)6-10-8-19-9(2)14-10/h8,11,16,18H,3-7H2,1-2H3/t11-,13-/m1/s1. The number of hydrogen-bond acceptors (Lipinski definition) is 5. The Morgan fingerprint density at radius 3 is 2.95 bits per heavy atom. The number of aromatic nitrogens is 1. The monoisotopic (exact) mass is 284 g/mol. The number of aryl methyl sites for hydroxylation is 1. The van der Waals surface area contributed by atoms with Crippen LogP contribution in [0.1, 0.15) is 30.5 Å². The molecule has 0 aromatic carbocycles. The minimum Gasteiger partial charge on any atom is -0.388 e. The van der Waals surface area contributed by atoms with Gasteiger partial charge in [-0.25, -0.2) is 4.98 Å². The van der Waals surface area contributed by atoms with Crippen LogP contribution in [0.5, 0.6) is 0 Å². The van der Waals surface area contributed by atoms with Crippen LogP contribution in [-0.2, 0) is 11.2 Å². The largest absolute Gasteiger partial charge is 0.388 e. The van der Waals surface area contributed by atoms with Gasteiger partial charge in [0.1, 0.15) is 6.10 Å². The smallest absolute Gasteiger partial charge is 0.228 e. The number of piperidine rings is 1. The van der Waals surface area contributed by atoms with Gasteiger partial charge in [0, 0.05) is 18.5 Å². The summed E-state index contributed by atoms with van der Waals surface area (Å²) in [6.07, 6.45) is 0.322. The summed E-state index contributed by atoms with van der Waals surface area (Å²) < 4.78 is 0. The van der Waals surface area contributed by atoms with Gasteiger partial charge in [-0.15, -0.1) is 11.3 Å². The number of aliphatic hydroxyl groups is 2. The summed E-state index contributed by atoms with van der Waals surface area (Å²) in [5, 5.41) is 22.9. The van der Waals surface area contributed by atoms with E-state index in [0.29, 0.717) is 19.4 Å². The average Bonchev–Trinajstić information content (AvgIpc) is 2.78. The molecule has 1 saturated heterocycles. The SMILES string of the molecule is CC[C@@]1(O)CCN(C(=O)Cc2csc(C)n2)C[C@H]1O. The fourth-order valence-electron chi connectivity index (χ4n) is 2.36. The molecule has 2 atom stereocenters. The minimum absolute atomic E-state index is 0.0393. The first-order chi connectivity index (χ1) is 8.94. The third kappa shape index (κ3) is 3.13. The first kappa shape index (κ1) is 14.4. The van der Waals surface area contributed by atoms with E-state index < -0.39 is 11.7 Å². The van der Waals surface area contributed by atoms with E-state index in [2.05, 4.69) is 4.98 Å². The number of hydrogen-bond donors (Lipinski definition) is 2. The Bertz CT molecular complexity index is 462. The molecule has 0 spiro atoms. The second-order valence-corrected chi connectivity index (χ2v) is 6.16. The van der Waals surface area contributed by atoms with Crippen molar-refractivity contribution >= 4 is 17.2 Å². The molecular weight excluding hydrogens is 264 g/mol. The number of carbonyl (C=O) groups is 1. The molecule has 1 amide bonds. The summed E-state index contributed by atoms with van der Waals surface area (Å²) in [7, 11) is 0. The maximum atomic E-state index is 12.1. The molecule has 1 aliphatic rings. The van der Waals surface area contributed by atoms with Gasteiger partial charge in [0.15, 0.2) is 0 Å². The molecule has 0 bridgehead atoms. The van der Waals surface area contributed by atoms with Crippen LogP contribution in [0, 0.1) is 6.92 Å². The molecule has 1 aromatic heterocycles. The lowest BCUT2D eigenvalue weighted by Crippen LogP contribution is -2.56.